The lowest BCUT2D eigenvalue weighted by Gasteiger charge is -2.01. The minimum Gasteiger partial charge on any atom is -0.364 e. The van der Waals surface area contributed by atoms with E-state index in [1.807, 2.05) is 0 Å². The predicted molar refractivity (Wildman–Crippen MR) is 50.8 cm³/mol. The van der Waals surface area contributed by atoms with Crippen molar-refractivity contribution in [1.29, 1.82) is 0 Å². The highest BCUT2D eigenvalue weighted by atomic mass is 16.2. The van der Waals surface area contributed by atoms with Crippen LogP contribution in [-0.4, -0.2) is 23.3 Å². The van der Waals surface area contributed by atoms with Crippen LogP contribution in [0.25, 0.3) is 0 Å². The Labute approximate surface area is 81.3 Å². The normalized spacial score (nSPS) is 9.50. The van der Waals surface area contributed by atoms with E-state index in [9.17, 15) is 9.59 Å². The topological polar surface area (TPSA) is 85.1 Å². The molecule has 0 unspecified atom stereocenters. The number of carbonyl (C=O) groups excluding carboxylic acids is 2. The number of hydrogen-bond donors (Lipinski definition) is 2. The first-order valence-electron chi connectivity index (χ1n) is 4.20. The van der Waals surface area contributed by atoms with Crippen molar-refractivity contribution in [2.45, 2.75) is 6.92 Å². The molecule has 0 aliphatic rings. The van der Waals surface area contributed by atoms with Crippen LogP contribution in [0, 0.1) is 0 Å². The van der Waals surface area contributed by atoms with Crippen LogP contribution >= 0.6 is 0 Å². The number of primary amides is 1. The van der Waals surface area contributed by atoms with Crippen LogP contribution in [0.5, 0.6) is 0 Å². The van der Waals surface area contributed by atoms with Crippen molar-refractivity contribution in [3.63, 3.8) is 0 Å². The third kappa shape index (κ3) is 2.29. The Morgan fingerprint density at radius 3 is 2.64 bits per heavy atom. The van der Waals surface area contributed by atoms with Gasteiger partial charge in [0.05, 0.1) is 0 Å². The van der Waals surface area contributed by atoms with E-state index in [-0.39, 0.29) is 17.3 Å². The van der Waals surface area contributed by atoms with Crippen LogP contribution in [0.3, 0.4) is 0 Å². The Hall–Kier alpha value is -1.91. The zero-order valence-corrected chi connectivity index (χ0v) is 7.78. The smallest absolute Gasteiger partial charge is 0.269 e. The number of pyridine rings is 1. The number of nitrogens with zero attached hydrogens (tertiary/aromatic N) is 1. The van der Waals surface area contributed by atoms with E-state index in [4.69, 9.17) is 5.73 Å². The second-order valence-electron chi connectivity index (χ2n) is 2.63. The van der Waals surface area contributed by atoms with Gasteiger partial charge in [-0.2, -0.15) is 0 Å². The highest BCUT2D eigenvalue weighted by Gasteiger charge is 2.08. The zero-order chi connectivity index (χ0) is 10.6. The monoisotopic (exact) mass is 193 g/mol. The molecule has 5 heteroatoms. The van der Waals surface area contributed by atoms with Gasteiger partial charge in [-0.3, -0.25) is 9.59 Å². The minimum atomic E-state index is -0.642. The van der Waals surface area contributed by atoms with Crippen LogP contribution in [0.15, 0.2) is 18.2 Å². The summed E-state index contributed by atoms with van der Waals surface area (Å²) in [5.41, 5.74) is 5.31. The molecule has 0 bridgehead atoms. The van der Waals surface area contributed by atoms with Gasteiger partial charge in [-0.05, 0) is 19.1 Å². The van der Waals surface area contributed by atoms with Gasteiger partial charge in [0.2, 0.25) is 0 Å². The molecule has 0 aliphatic heterocycles. The van der Waals surface area contributed by atoms with Gasteiger partial charge >= 0.3 is 0 Å². The van der Waals surface area contributed by atoms with Crippen LogP contribution < -0.4 is 11.1 Å². The number of hydrogen-bond acceptors (Lipinski definition) is 3. The van der Waals surface area contributed by atoms with Crippen molar-refractivity contribution in [3.8, 4) is 0 Å². The van der Waals surface area contributed by atoms with Crippen LogP contribution in [0.1, 0.15) is 27.9 Å². The summed E-state index contributed by atoms with van der Waals surface area (Å²) in [6.45, 7) is 2.32. The lowest BCUT2D eigenvalue weighted by molar-refractivity contribution is 0.0950. The molecule has 2 amide bonds. The lowest BCUT2D eigenvalue weighted by Crippen LogP contribution is -2.25. The summed E-state index contributed by atoms with van der Waals surface area (Å²) >= 11 is 0. The Kier molecular flexibility index (Phi) is 3.17. The highest BCUT2D eigenvalue weighted by molar-refractivity contribution is 5.95. The maximum absolute atomic E-state index is 11.3. The molecule has 1 heterocycles. The second kappa shape index (κ2) is 4.36. The molecule has 0 saturated carbocycles. The van der Waals surface area contributed by atoms with Gasteiger partial charge in [-0.15, -0.1) is 0 Å². The van der Waals surface area contributed by atoms with Crippen molar-refractivity contribution in [2.75, 3.05) is 6.54 Å². The Morgan fingerprint density at radius 2 is 2.07 bits per heavy atom. The third-order valence-electron chi connectivity index (χ3n) is 1.57. The Bertz CT molecular complexity index is 363. The molecule has 0 aromatic carbocycles. The lowest BCUT2D eigenvalue weighted by atomic mass is 10.3. The van der Waals surface area contributed by atoms with Crippen molar-refractivity contribution >= 4 is 11.8 Å². The molecule has 0 aliphatic carbocycles. The van der Waals surface area contributed by atoms with Gasteiger partial charge < -0.3 is 11.1 Å². The number of aromatic nitrogens is 1. The largest absolute Gasteiger partial charge is 0.364 e. The molecule has 3 N–H and O–H groups in total. The highest BCUT2D eigenvalue weighted by Crippen LogP contribution is 1.98. The van der Waals surface area contributed by atoms with Gasteiger partial charge in [-0.25, -0.2) is 4.98 Å². The quantitative estimate of drug-likeness (QED) is 0.704. The fraction of sp³-hybridized carbons (Fsp3) is 0.222. The van der Waals surface area contributed by atoms with Crippen molar-refractivity contribution in [1.82, 2.24) is 10.3 Å². The SMILES string of the molecule is CCNC(=O)c1cccc(C(N)=O)n1. The maximum Gasteiger partial charge on any atom is 0.269 e. The molecule has 74 valence electrons. The molecule has 1 aromatic rings. The molecular weight excluding hydrogens is 182 g/mol. The molecule has 1 rings (SSSR count). The Morgan fingerprint density at radius 1 is 1.43 bits per heavy atom. The fourth-order valence-electron chi connectivity index (χ4n) is 0.950. The van der Waals surface area contributed by atoms with Gasteiger partial charge in [0.1, 0.15) is 11.4 Å². The predicted octanol–water partition coefficient (Wildman–Crippen LogP) is -0.0698. The van der Waals surface area contributed by atoms with E-state index in [1.165, 1.54) is 12.1 Å². The summed E-state index contributed by atoms with van der Waals surface area (Å²) in [6, 6.07) is 4.56. The number of nitrogens with one attached hydrogen (secondary N) is 1. The van der Waals surface area contributed by atoms with Crippen LogP contribution in [-0.2, 0) is 0 Å². The summed E-state index contributed by atoms with van der Waals surface area (Å²) in [5.74, 6) is -0.952. The van der Waals surface area contributed by atoms with Gasteiger partial charge in [0, 0.05) is 6.54 Å². The summed E-state index contributed by atoms with van der Waals surface area (Å²) in [5, 5.41) is 2.57. The standard InChI is InChI=1S/C9H11N3O2/c1-2-11-9(14)7-5-3-4-6(12-7)8(10)13/h3-5H,2H2,1H3,(H2,10,13)(H,11,14). The fourth-order valence-corrected chi connectivity index (χ4v) is 0.950. The number of amides is 2. The van der Waals surface area contributed by atoms with E-state index >= 15 is 0 Å². The van der Waals surface area contributed by atoms with Crippen molar-refractivity contribution in [3.05, 3.63) is 29.6 Å². The molecule has 0 atom stereocenters. The zero-order valence-electron chi connectivity index (χ0n) is 7.78. The molecule has 0 fully saturated rings. The van der Waals surface area contributed by atoms with E-state index in [0.717, 1.165) is 0 Å². The van der Waals surface area contributed by atoms with Gasteiger partial charge in [0.25, 0.3) is 11.8 Å². The molecule has 0 saturated heterocycles. The molecule has 5 nitrogen and oxygen atoms in total. The van der Waals surface area contributed by atoms with Crippen LogP contribution in [0.4, 0.5) is 0 Å². The maximum atomic E-state index is 11.3. The molecule has 0 spiro atoms. The molecule has 14 heavy (non-hydrogen) atoms. The Balaban J connectivity index is 2.93. The average Bonchev–Trinajstić information content (AvgIpc) is 2.18. The van der Waals surface area contributed by atoms with E-state index in [2.05, 4.69) is 10.3 Å². The first-order chi connectivity index (χ1) is 6.65. The number of carbonyl (C=O) groups is 2. The average molecular weight is 193 g/mol. The second-order valence-corrected chi connectivity index (χ2v) is 2.63. The first-order valence-corrected chi connectivity index (χ1v) is 4.20. The van der Waals surface area contributed by atoms with E-state index < -0.39 is 5.91 Å². The molecule has 0 radical (unpaired) electrons. The van der Waals surface area contributed by atoms with Crippen molar-refractivity contribution < 1.29 is 9.59 Å². The first kappa shape index (κ1) is 10.2. The molecule has 1 aromatic heterocycles. The summed E-state index contributed by atoms with van der Waals surface area (Å²) in [6.07, 6.45) is 0. The van der Waals surface area contributed by atoms with Crippen LogP contribution in [0.2, 0.25) is 0 Å². The summed E-state index contributed by atoms with van der Waals surface area (Å²) in [7, 11) is 0. The van der Waals surface area contributed by atoms with E-state index in [0.29, 0.717) is 6.54 Å². The van der Waals surface area contributed by atoms with E-state index in [1.54, 1.807) is 13.0 Å². The minimum absolute atomic E-state index is 0.0914. The number of rotatable bonds is 3. The third-order valence-corrected chi connectivity index (χ3v) is 1.57. The number of nitrogens with two attached hydrogens (primary N) is 1. The summed E-state index contributed by atoms with van der Waals surface area (Å²) < 4.78 is 0. The summed E-state index contributed by atoms with van der Waals surface area (Å²) in [4.78, 5) is 25.9. The van der Waals surface area contributed by atoms with Crippen molar-refractivity contribution in [2.24, 2.45) is 5.73 Å². The molecular formula is C9H11N3O2. The van der Waals surface area contributed by atoms with Gasteiger partial charge in [-0.1, -0.05) is 6.07 Å². The van der Waals surface area contributed by atoms with Gasteiger partial charge in [0.15, 0.2) is 0 Å².